The third-order valence-electron chi connectivity index (χ3n) is 2.09. The number of hydrogen-bond donors (Lipinski definition) is 1. The summed E-state index contributed by atoms with van der Waals surface area (Å²) in [6, 6.07) is 0. The van der Waals surface area contributed by atoms with E-state index in [1.54, 1.807) is 13.2 Å². The molecule has 0 radical (unpaired) electrons. The second-order valence-corrected chi connectivity index (χ2v) is 6.66. The molecule has 4 nitrogen and oxygen atoms in total. The number of methoxy groups -OCH3 is 1. The van der Waals surface area contributed by atoms with Crippen molar-refractivity contribution in [3.8, 4) is 0 Å². The highest BCUT2D eigenvalue weighted by Crippen LogP contribution is 2.25. The molecule has 1 atom stereocenters. The molecule has 0 aromatic heterocycles. The number of nitrogens with one attached hydrogen (secondary N) is 1. The van der Waals surface area contributed by atoms with E-state index in [1.807, 2.05) is 6.08 Å². The van der Waals surface area contributed by atoms with Crippen molar-refractivity contribution in [2.45, 2.75) is 30.2 Å². The largest absolute Gasteiger partial charge is 0.359 e. The SMILES string of the molecule is COCO[C@H](/C=C/CNC(=O)C(Cl)(Cl)Cl)CC(C)C. The Hall–Kier alpha value is -0.000000000000000111. The predicted molar refractivity (Wildman–Crippen MR) is 78.6 cm³/mol. The van der Waals surface area contributed by atoms with Crippen LogP contribution in [0.4, 0.5) is 0 Å². The first kappa shape index (κ1) is 19.0. The maximum Gasteiger partial charge on any atom is 0.272 e. The second-order valence-electron chi connectivity index (χ2n) is 4.38. The van der Waals surface area contributed by atoms with Gasteiger partial charge in [-0.1, -0.05) is 60.8 Å². The monoisotopic (exact) mass is 331 g/mol. The minimum atomic E-state index is -1.93. The topological polar surface area (TPSA) is 47.6 Å². The van der Waals surface area contributed by atoms with Gasteiger partial charge in [-0.15, -0.1) is 0 Å². The summed E-state index contributed by atoms with van der Waals surface area (Å²) in [5.41, 5.74) is 0. The molecule has 0 aromatic carbocycles. The molecule has 0 aliphatic heterocycles. The minimum Gasteiger partial charge on any atom is -0.359 e. The van der Waals surface area contributed by atoms with Gasteiger partial charge in [-0.05, 0) is 12.3 Å². The Balaban J connectivity index is 4.13. The summed E-state index contributed by atoms with van der Waals surface area (Å²) in [6.07, 6.45) is 4.41. The fourth-order valence-corrected chi connectivity index (χ4v) is 1.49. The van der Waals surface area contributed by atoms with E-state index in [1.165, 1.54) is 0 Å². The Bertz CT molecular complexity index is 290. The van der Waals surface area contributed by atoms with Gasteiger partial charge >= 0.3 is 0 Å². The highest BCUT2D eigenvalue weighted by molar-refractivity contribution is 6.76. The van der Waals surface area contributed by atoms with Crippen molar-refractivity contribution in [1.82, 2.24) is 5.32 Å². The van der Waals surface area contributed by atoms with Crippen molar-refractivity contribution in [2.75, 3.05) is 20.4 Å². The van der Waals surface area contributed by atoms with E-state index >= 15 is 0 Å². The first-order valence-corrected chi connectivity index (χ1v) is 7.03. The van der Waals surface area contributed by atoms with E-state index in [-0.39, 0.29) is 19.4 Å². The van der Waals surface area contributed by atoms with Crippen LogP contribution in [0.25, 0.3) is 0 Å². The second kappa shape index (κ2) is 9.83. The number of amides is 1. The Morgan fingerprint density at radius 1 is 1.37 bits per heavy atom. The van der Waals surface area contributed by atoms with E-state index in [4.69, 9.17) is 44.3 Å². The lowest BCUT2D eigenvalue weighted by atomic mass is 10.1. The summed E-state index contributed by atoms with van der Waals surface area (Å²) in [5, 5.41) is 2.48. The van der Waals surface area contributed by atoms with Gasteiger partial charge in [0.05, 0.1) is 6.10 Å². The fraction of sp³-hybridized carbons (Fsp3) is 0.750. The first-order valence-electron chi connectivity index (χ1n) is 5.89. The van der Waals surface area contributed by atoms with E-state index < -0.39 is 9.70 Å². The third-order valence-corrected chi connectivity index (χ3v) is 2.61. The Labute approximate surface area is 129 Å². The Kier molecular flexibility index (Phi) is 9.83. The maximum absolute atomic E-state index is 11.3. The zero-order valence-corrected chi connectivity index (χ0v) is 13.6. The van der Waals surface area contributed by atoms with Gasteiger partial charge in [0.15, 0.2) is 0 Å². The van der Waals surface area contributed by atoms with Crippen LogP contribution in [0.1, 0.15) is 20.3 Å². The minimum absolute atomic E-state index is 0.0652. The summed E-state index contributed by atoms with van der Waals surface area (Å²) < 4.78 is 8.41. The predicted octanol–water partition coefficient (Wildman–Crippen LogP) is 3.06. The van der Waals surface area contributed by atoms with Crippen LogP contribution >= 0.6 is 34.8 Å². The van der Waals surface area contributed by atoms with Crippen molar-refractivity contribution in [3.05, 3.63) is 12.2 Å². The molecule has 19 heavy (non-hydrogen) atoms. The van der Waals surface area contributed by atoms with Crippen LogP contribution < -0.4 is 5.32 Å². The van der Waals surface area contributed by atoms with Crippen molar-refractivity contribution in [3.63, 3.8) is 0 Å². The van der Waals surface area contributed by atoms with Gasteiger partial charge in [0.2, 0.25) is 0 Å². The number of ether oxygens (including phenoxy) is 2. The molecule has 0 bridgehead atoms. The molecular weight excluding hydrogens is 312 g/mol. The molecular formula is C12H20Cl3NO3. The van der Waals surface area contributed by atoms with E-state index in [0.717, 1.165) is 6.42 Å². The molecule has 0 saturated heterocycles. The van der Waals surface area contributed by atoms with Gasteiger partial charge in [-0.3, -0.25) is 4.79 Å². The summed E-state index contributed by atoms with van der Waals surface area (Å²) in [7, 11) is 1.57. The average molecular weight is 333 g/mol. The number of hydrogen-bond acceptors (Lipinski definition) is 3. The van der Waals surface area contributed by atoms with E-state index in [2.05, 4.69) is 19.2 Å². The van der Waals surface area contributed by atoms with Crippen molar-refractivity contribution < 1.29 is 14.3 Å². The summed E-state index contributed by atoms with van der Waals surface area (Å²) >= 11 is 16.2. The fourth-order valence-electron chi connectivity index (χ4n) is 1.29. The quantitative estimate of drug-likeness (QED) is 0.422. The van der Waals surface area contributed by atoms with Crippen LogP contribution in [-0.2, 0) is 14.3 Å². The zero-order chi connectivity index (χ0) is 14.9. The molecule has 0 aliphatic rings. The van der Waals surface area contributed by atoms with Crippen LogP contribution in [0, 0.1) is 5.92 Å². The maximum atomic E-state index is 11.3. The van der Waals surface area contributed by atoms with Gasteiger partial charge in [0, 0.05) is 13.7 Å². The summed E-state index contributed by atoms with van der Waals surface area (Å²) in [6.45, 7) is 4.70. The standard InChI is InChI=1S/C12H20Cl3NO3/c1-9(2)7-10(19-8-18-3)5-4-6-16-11(17)12(13,14)15/h4-5,9-10H,6-8H2,1-3H3,(H,16,17)/b5-4+/t10-/m1/s1. The molecule has 1 N–H and O–H groups in total. The smallest absolute Gasteiger partial charge is 0.272 e. The highest BCUT2D eigenvalue weighted by Gasteiger charge is 2.29. The molecule has 1 amide bonds. The van der Waals surface area contributed by atoms with Gasteiger partial charge in [-0.2, -0.15) is 0 Å². The number of rotatable bonds is 8. The van der Waals surface area contributed by atoms with Crippen LogP contribution in [0.2, 0.25) is 0 Å². The van der Waals surface area contributed by atoms with Crippen molar-refractivity contribution in [1.29, 1.82) is 0 Å². The number of carbonyl (C=O) groups excluding carboxylic acids is 1. The highest BCUT2D eigenvalue weighted by atomic mass is 35.6. The lowest BCUT2D eigenvalue weighted by molar-refractivity contribution is -0.120. The van der Waals surface area contributed by atoms with Gasteiger partial charge in [0.25, 0.3) is 9.70 Å². The van der Waals surface area contributed by atoms with Gasteiger partial charge < -0.3 is 14.8 Å². The van der Waals surface area contributed by atoms with Crippen LogP contribution in [0.15, 0.2) is 12.2 Å². The molecule has 0 spiro atoms. The molecule has 0 aliphatic carbocycles. The molecule has 0 unspecified atom stereocenters. The van der Waals surface area contributed by atoms with Crippen LogP contribution in [0.5, 0.6) is 0 Å². The van der Waals surface area contributed by atoms with E-state index in [9.17, 15) is 4.79 Å². The van der Waals surface area contributed by atoms with Crippen LogP contribution in [0.3, 0.4) is 0 Å². The molecule has 0 fully saturated rings. The summed E-state index contributed by atoms with van der Waals surface area (Å²) in [5.74, 6) is -0.164. The number of carbonyl (C=O) groups is 1. The van der Waals surface area contributed by atoms with Crippen LogP contribution in [-0.4, -0.2) is 36.3 Å². The third kappa shape index (κ3) is 10.4. The molecule has 0 heterocycles. The Morgan fingerprint density at radius 3 is 2.47 bits per heavy atom. The van der Waals surface area contributed by atoms with E-state index in [0.29, 0.717) is 5.92 Å². The molecule has 0 rings (SSSR count). The van der Waals surface area contributed by atoms with Crippen molar-refractivity contribution >= 4 is 40.7 Å². The average Bonchev–Trinajstić information content (AvgIpc) is 2.28. The molecule has 112 valence electrons. The van der Waals surface area contributed by atoms with Gasteiger partial charge in [-0.25, -0.2) is 0 Å². The first-order chi connectivity index (χ1) is 8.77. The van der Waals surface area contributed by atoms with Crippen molar-refractivity contribution in [2.24, 2.45) is 5.92 Å². The number of alkyl halides is 3. The summed E-state index contributed by atoms with van der Waals surface area (Å²) in [4.78, 5) is 11.3. The normalized spacial score (nSPS) is 14.1. The Morgan fingerprint density at radius 2 is 2.00 bits per heavy atom. The molecule has 0 aromatic rings. The molecule has 7 heteroatoms. The van der Waals surface area contributed by atoms with Gasteiger partial charge in [0.1, 0.15) is 6.79 Å². The lowest BCUT2D eigenvalue weighted by Crippen LogP contribution is -2.34. The zero-order valence-electron chi connectivity index (χ0n) is 11.3. The number of halogens is 3. The molecule has 0 saturated carbocycles. The lowest BCUT2D eigenvalue weighted by Gasteiger charge is -2.16.